The Morgan fingerprint density at radius 2 is 1.86 bits per heavy atom. The lowest BCUT2D eigenvalue weighted by atomic mass is 10.0. The number of carbonyl (C=O) groups is 2. The van der Waals surface area contributed by atoms with Crippen molar-refractivity contribution in [1.82, 2.24) is 4.98 Å². The minimum absolute atomic E-state index is 0.0132. The van der Waals surface area contributed by atoms with Crippen LogP contribution >= 0.6 is 11.3 Å². The Kier molecular flexibility index (Phi) is 5.64. The van der Waals surface area contributed by atoms with Crippen LogP contribution in [0.2, 0.25) is 0 Å². The summed E-state index contributed by atoms with van der Waals surface area (Å²) in [6, 6.07) is 6.36. The van der Waals surface area contributed by atoms with Gasteiger partial charge in [-0.05, 0) is 36.6 Å². The molecule has 3 rings (SSSR count). The molecule has 0 aliphatic carbocycles. The van der Waals surface area contributed by atoms with Gasteiger partial charge >= 0.3 is 5.97 Å². The van der Waals surface area contributed by atoms with E-state index in [9.17, 15) is 22.8 Å². The van der Waals surface area contributed by atoms with Crippen molar-refractivity contribution in [1.29, 1.82) is 0 Å². The van der Waals surface area contributed by atoms with Crippen molar-refractivity contribution in [3.8, 4) is 0 Å². The van der Waals surface area contributed by atoms with Crippen LogP contribution in [-0.4, -0.2) is 23.5 Å². The Labute approximate surface area is 162 Å². The van der Waals surface area contributed by atoms with Gasteiger partial charge in [0.05, 0.1) is 11.1 Å². The van der Waals surface area contributed by atoms with E-state index < -0.39 is 35.9 Å². The smallest absolute Gasteiger partial charge is 0.310 e. The lowest BCUT2D eigenvalue weighted by molar-refractivity contribution is -0.146. The van der Waals surface area contributed by atoms with Gasteiger partial charge in [0.2, 0.25) is 0 Å². The number of hydrogen-bond donors (Lipinski definition) is 1. The molecule has 5 nitrogen and oxygen atoms in total. The van der Waals surface area contributed by atoms with E-state index >= 15 is 0 Å². The van der Waals surface area contributed by atoms with Crippen LogP contribution in [0.5, 0.6) is 0 Å². The molecule has 0 fully saturated rings. The third-order valence-corrected chi connectivity index (χ3v) is 4.97. The van der Waals surface area contributed by atoms with Crippen LogP contribution in [0.1, 0.15) is 16.7 Å². The lowest BCUT2D eigenvalue weighted by Crippen LogP contribution is -2.21. The molecule has 0 aliphatic heterocycles. The Hall–Kier alpha value is -2.94. The summed E-state index contributed by atoms with van der Waals surface area (Å²) in [7, 11) is 0. The zero-order valence-corrected chi connectivity index (χ0v) is 15.8. The summed E-state index contributed by atoms with van der Waals surface area (Å²) in [5.41, 5.74) is 2.52. The van der Waals surface area contributed by atoms with Gasteiger partial charge in [-0.2, -0.15) is 0 Å². The van der Waals surface area contributed by atoms with E-state index in [4.69, 9.17) is 4.74 Å². The number of halogens is 3. The Morgan fingerprint density at radius 3 is 2.57 bits per heavy atom. The maximum atomic E-state index is 13.7. The molecule has 28 heavy (non-hydrogen) atoms. The molecule has 1 aromatic heterocycles. The van der Waals surface area contributed by atoms with Crippen molar-refractivity contribution in [2.45, 2.75) is 20.3 Å². The first-order valence-electron chi connectivity index (χ1n) is 8.20. The molecule has 0 atom stereocenters. The number of anilines is 1. The first-order valence-corrected chi connectivity index (χ1v) is 9.02. The SMILES string of the molecule is Cc1ccc(CC(=O)OCC(=O)Nc2nc3c(F)c(F)c(F)cc3s2)cc1C. The van der Waals surface area contributed by atoms with E-state index in [0.29, 0.717) is 0 Å². The predicted molar refractivity (Wildman–Crippen MR) is 98.7 cm³/mol. The van der Waals surface area contributed by atoms with Crippen molar-refractivity contribution < 1.29 is 27.5 Å². The molecule has 2 aromatic carbocycles. The van der Waals surface area contributed by atoms with E-state index in [1.807, 2.05) is 26.0 Å². The van der Waals surface area contributed by atoms with Gasteiger partial charge in [-0.3, -0.25) is 14.9 Å². The summed E-state index contributed by atoms with van der Waals surface area (Å²) in [4.78, 5) is 27.5. The summed E-state index contributed by atoms with van der Waals surface area (Å²) in [5, 5.41) is 2.25. The van der Waals surface area contributed by atoms with E-state index in [-0.39, 0.29) is 21.8 Å². The number of carbonyl (C=O) groups excluding carboxylic acids is 2. The molecular weight excluding hydrogens is 393 g/mol. The van der Waals surface area contributed by atoms with E-state index in [1.54, 1.807) is 6.07 Å². The fourth-order valence-electron chi connectivity index (χ4n) is 2.46. The number of aromatic nitrogens is 1. The highest BCUT2D eigenvalue weighted by Gasteiger charge is 2.18. The zero-order valence-electron chi connectivity index (χ0n) is 14.9. The molecule has 0 bridgehead atoms. The molecule has 3 aromatic rings. The summed E-state index contributed by atoms with van der Waals surface area (Å²) >= 11 is 0.772. The molecule has 146 valence electrons. The summed E-state index contributed by atoms with van der Waals surface area (Å²) in [6.07, 6.45) is 0.0132. The number of rotatable bonds is 5. The molecule has 0 radical (unpaired) electrons. The third kappa shape index (κ3) is 4.30. The second-order valence-corrected chi connectivity index (χ2v) is 7.19. The second-order valence-electron chi connectivity index (χ2n) is 6.16. The van der Waals surface area contributed by atoms with Crippen LogP contribution in [-0.2, 0) is 20.7 Å². The van der Waals surface area contributed by atoms with Crippen molar-refractivity contribution in [2.24, 2.45) is 0 Å². The fourth-order valence-corrected chi connectivity index (χ4v) is 3.36. The summed E-state index contributed by atoms with van der Waals surface area (Å²) < 4.78 is 45.1. The van der Waals surface area contributed by atoms with Gasteiger partial charge in [0.1, 0.15) is 5.52 Å². The predicted octanol–water partition coefficient (Wildman–Crippen LogP) is 4.05. The molecule has 1 heterocycles. The van der Waals surface area contributed by atoms with E-state index in [1.165, 1.54) is 0 Å². The van der Waals surface area contributed by atoms with Gasteiger partial charge in [0, 0.05) is 0 Å². The highest BCUT2D eigenvalue weighted by molar-refractivity contribution is 7.22. The minimum Gasteiger partial charge on any atom is -0.455 e. The quantitative estimate of drug-likeness (QED) is 0.511. The average Bonchev–Trinajstić information content (AvgIpc) is 3.03. The summed E-state index contributed by atoms with van der Waals surface area (Å²) in [6.45, 7) is 3.32. The Morgan fingerprint density at radius 1 is 1.11 bits per heavy atom. The molecule has 0 saturated heterocycles. The monoisotopic (exact) mass is 408 g/mol. The number of thiazole rings is 1. The van der Waals surface area contributed by atoms with Crippen LogP contribution < -0.4 is 5.32 Å². The van der Waals surface area contributed by atoms with Crippen LogP contribution in [0.3, 0.4) is 0 Å². The van der Waals surface area contributed by atoms with Gasteiger partial charge in [-0.1, -0.05) is 29.5 Å². The van der Waals surface area contributed by atoms with Crippen molar-refractivity contribution in [2.75, 3.05) is 11.9 Å². The van der Waals surface area contributed by atoms with Gasteiger partial charge in [0.15, 0.2) is 29.2 Å². The standard InChI is InChI=1S/C19H15F3N2O3S/c1-9-3-4-11(5-10(9)2)6-15(26)27-8-14(25)23-19-24-18-13(28-19)7-12(20)16(21)17(18)22/h3-5,7H,6,8H2,1-2H3,(H,23,24,25). The number of aryl methyl sites for hydroxylation is 2. The number of benzene rings is 2. The van der Waals surface area contributed by atoms with E-state index in [0.717, 1.165) is 34.1 Å². The maximum absolute atomic E-state index is 13.7. The molecule has 0 spiro atoms. The third-order valence-electron chi connectivity index (χ3n) is 4.05. The highest BCUT2D eigenvalue weighted by atomic mass is 32.1. The number of amides is 1. The fraction of sp³-hybridized carbons (Fsp3) is 0.211. The number of ether oxygens (including phenoxy) is 1. The van der Waals surface area contributed by atoms with Crippen molar-refractivity contribution in [3.63, 3.8) is 0 Å². The van der Waals surface area contributed by atoms with Crippen LogP contribution in [0.4, 0.5) is 18.3 Å². The molecule has 0 aliphatic rings. The number of fused-ring (bicyclic) bond motifs is 1. The van der Waals surface area contributed by atoms with Crippen LogP contribution in [0.15, 0.2) is 24.3 Å². The first-order chi connectivity index (χ1) is 13.2. The molecule has 1 N–H and O–H groups in total. The van der Waals surface area contributed by atoms with Gasteiger partial charge in [-0.15, -0.1) is 0 Å². The van der Waals surface area contributed by atoms with Gasteiger partial charge < -0.3 is 4.74 Å². The molecule has 0 unspecified atom stereocenters. The number of nitrogens with one attached hydrogen (secondary N) is 1. The summed E-state index contributed by atoms with van der Waals surface area (Å²) in [5.74, 6) is -5.68. The van der Waals surface area contributed by atoms with Crippen LogP contribution in [0.25, 0.3) is 10.2 Å². The Bertz CT molecular complexity index is 1080. The van der Waals surface area contributed by atoms with E-state index in [2.05, 4.69) is 10.3 Å². The lowest BCUT2D eigenvalue weighted by Gasteiger charge is -2.06. The average molecular weight is 408 g/mol. The number of esters is 1. The molecule has 9 heteroatoms. The maximum Gasteiger partial charge on any atom is 0.310 e. The zero-order chi connectivity index (χ0) is 20.4. The van der Waals surface area contributed by atoms with Gasteiger partial charge in [-0.25, -0.2) is 18.2 Å². The molecule has 1 amide bonds. The van der Waals surface area contributed by atoms with Gasteiger partial charge in [0.25, 0.3) is 5.91 Å². The van der Waals surface area contributed by atoms with Crippen molar-refractivity contribution in [3.05, 3.63) is 58.4 Å². The largest absolute Gasteiger partial charge is 0.455 e. The highest BCUT2D eigenvalue weighted by Crippen LogP contribution is 2.30. The number of nitrogens with zero attached hydrogens (tertiary/aromatic N) is 1. The molecular formula is C19H15F3N2O3S. The first kappa shape index (κ1) is 19.8. The second kappa shape index (κ2) is 7.97. The topological polar surface area (TPSA) is 68.3 Å². The normalized spacial score (nSPS) is 10.9. The Balaban J connectivity index is 1.58. The van der Waals surface area contributed by atoms with Crippen LogP contribution in [0, 0.1) is 31.3 Å². The number of hydrogen-bond acceptors (Lipinski definition) is 5. The minimum atomic E-state index is -1.63. The molecule has 0 saturated carbocycles. The van der Waals surface area contributed by atoms with Crippen molar-refractivity contribution >= 4 is 38.6 Å².